The molecule has 1 saturated heterocycles. The highest BCUT2D eigenvalue weighted by atomic mass is 35.5. The van der Waals surface area contributed by atoms with Crippen LogP contribution in [0.5, 0.6) is 5.75 Å². The van der Waals surface area contributed by atoms with Crippen LogP contribution in [-0.4, -0.2) is 60.0 Å². The van der Waals surface area contributed by atoms with Gasteiger partial charge < -0.3 is 10.1 Å². The molecule has 9 nitrogen and oxygen atoms in total. The number of rotatable bonds is 10. The molecule has 0 saturated carbocycles. The highest BCUT2D eigenvalue weighted by Crippen LogP contribution is 2.31. The first-order valence-corrected chi connectivity index (χ1v) is 15.3. The number of nitrogens with one attached hydrogen (secondary N) is 1. The second kappa shape index (κ2) is 11.8. The van der Waals surface area contributed by atoms with Crippen molar-refractivity contribution >= 4 is 48.9 Å². The monoisotopic (exact) mass is 557 g/mol. The summed E-state index contributed by atoms with van der Waals surface area (Å²) in [4.78, 5) is 12.8. The van der Waals surface area contributed by atoms with E-state index in [0.717, 1.165) is 25.5 Å². The smallest absolute Gasteiger partial charge is 0.243 e. The van der Waals surface area contributed by atoms with E-state index in [1.807, 2.05) is 0 Å². The molecule has 3 rings (SSSR count). The Kier molecular flexibility index (Phi) is 9.26. The third-order valence-corrected chi connectivity index (χ3v) is 9.56. The summed E-state index contributed by atoms with van der Waals surface area (Å²) in [5, 5.41) is 3.16. The van der Waals surface area contributed by atoms with Crippen LogP contribution in [0.15, 0.2) is 41.3 Å². The summed E-state index contributed by atoms with van der Waals surface area (Å²) < 4.78 is 58.9. The summed E-state index contributed by atoms with van der Waals surface area (Å²) in [5.74, 6) is -0.0645. The van der Waals surface area contributed by atoms with E-state index < -0.39 is 26.0 Å². The van der Waals surface area contributed by atoms with Gasteiger partial charge in [-0.15, -0.1) is 0 Å². The number of methoxy groups -OCH3 is 1. The van der Waals surface area contributed by atoms with Crippen molar-refractivity contribution < 1.29 is 26.4 Å². The predicted molar refractivity (Wildman–Crippen MR) is 142 cm³/mol. The zero-order valence-electron chi connectivity index (χ0n) is 20.7. The average Bonchev–Trinajstić information content (AvgIpc) is 2.83. The van der Waals surface area contributed by atoms with Crippen molar-refractivity contribution in [3.05, 3.63) is 47.0 Å². The fourth-order valence-electron chi connectivity index (χ4n) is 4.13. The minimum atomic E-state index is -3.69. The SMILES string of the molecule is COc1ccc(S(=O)(=O)N2CCCCC2)cc1NC(=O)CCCN(c1cccc(Cl)c1C)S(C)(=O)=O. The van der Waals surface area contributed by atoms with Gasteiger partial charge in [-0.3, -0.25) is 9.10 Å². The van der Waals surface area contributed by atoms with Crippen molar-refractivity contribution in [3.63, 3.8) is 0 Å². The van der Waals surface area contributed by atoms with E-state index in [1.54, 1.807) is 25.1 Å². The molecule has 1 amide bonds. The Hall–Kier alpha value is -2.34. The Morgan fingerprint density at radius 2 is 1.81 bits per heavy atom. The summed E-state index contributed by atoms with van der Waals surface area (Å²) in [6.45, 7) is 2.76. The number of ether oxygens (including phenoxy) is 1. The Morgan fingerprint density at radius 3 is 2.44 bits per heavy atom. The van der Waals surface area contributed by atoms with Crippen LogP contribution in [0.1, 0.15) is 37.7 Å². The lowest BCUT2D eigenvalue weighted by molar-refractivity contribution is -0.116. The van der Waals surface area contributed by atoms with E-state index in [9.17, 15) is 21.6 Å². The standard InChI is InChI=1S/C24H32ClN3O6S2/c1-18-20(25)9-7-10-22(18)28(35(3,30)31)16-8-11-24(29)26-21-17-19(12-13-23(21)34-2)36(32,33)27-14-5-4-6-15-27/h7,9-10,12-13,17H,4-6,8,11,14-16H2,1-3H3,(H,26,29). The summed E-state index contributed by atoms with van der Waals surface area (Å²) in [7, 11) is -5.86. The number of hydrogen-bond donors (Lipinski definition) is 1. The normalized spacial score (nSPS) is 14.9. The zero-order chi connectivity index (χ0) is 26.5. The maximum Gasteiger partial charge on any atom is 0.243 e. The van der Waals surface area contributed by atoms with E-state index in [0.29, 0.717) is 35.1 Å². The quantitative estimate of drug-likeness (QED) is 0.472. The lowest BCUT2D eigenvalue weighted by Gasteiger charge is -2.26. The number of carbonyl (C=O) groups is 1. The second-order valence-electron chi connectivity index (χ2n) is 8.70. The molecule has 0 bridgehead atoms. The third kappa shape index (κ3) is 6.70. The van der Waals surface area contributed by atoms with Crippen molar-refractivity contribution in [2.24, 2.45) is 0 Å². The Bertz CT molecular complexity index is 1310. The first-order chi connectivity index (χ1) is 16.9. The molecule has 1 aliphatic heterocycles. The highest BCUT2D eigenvalue weighted by molar-refractivity contribution is 7.92. The number of amides is 1. The number of halogens is 1. The van der Waals surface area contributed by atoms with Gasteiger partial charge in [-0.25, -0.2) is 16.8 Å². The Labute approximate surface area is 218 Å². The molecule has 0 aliphatic carbocycles. The van der Waals surface area contributed by atoms with Gasteiger partial charge >= 0.3 is 0 Å². The molecular formula is C24H32ClN3O6S2. The van der Waals surface area contributed by atoms with Gasteiger partial charge in [0, 0.05) is 31.1 Å². The van der Waals surface area contributed by atoms with E-state index >= 15 is 0 Å². The molecule has 198 valence electrons. The number of benzene rings is 2. The highest BCUT2D eigenvalue weighted by Gasteiger charge is 2.27. The van der Waals surface area contributed by atoms with Gasteiger partial charge in [-0.05, 0) is 62.1 Å². The van der Waals surface area contributed by atoms with Crippen molar-refractivity contribution in [1.82, 2.24) is 4.31 Å². The lowest BCUT2D eigenvalue weighted by atomic mass is 10.2. The maximum atomic E-state index is 13.1. The molecule has 1 N–H and O–H groups in total. The molecular weight excluding hydrogens is 526 g/mol. The van der Waals surface area contributed by atoms with Gasteiger partial charge in [-0.2, -0.15) is 4.31 Å². The molecule has 12 heteroatoms. The maximum absolute atomic E-state index is 13.1. The van der Waals surface area contributed by atoms with E-state index in [2.05, 4.69) is 5.32 Å². The van der Waals surface area contributed by atoms with Crippen LogP contribution >= 0.6 is 11.6 Å². The van der Waals surface area contributed by atoms with Crippen LogP contribution in [0.4, 0.5) is 11.4 Å². The number of sulfonamides is 2. The molecule has 0 unspecified atom stereocenters. The van der Waals surface area contributed by atoms with Gasteiger partial charge in [-0.1, -0.05) is 24.1 Å². The van der Waals surface area contributed by atoms with Gasteiger partial charge in [0.1, 0.15) is 5.75 Å². The molecule has 0 spiro atoms. The van der Waals surface area contributed by atoms with Crippen LogP contribution in [0.3, 0.4) is 0 Å². The largest absolute Gasteiger partial charge is 0.495 e. The molecule has 36 heavy (non-hydrogen) atoms. The summed E-state index contributed by atoms with van der Waals surface area (Å²) in [5.41, 5.74) is 1.33. The predicted octanol–water partition coefficient (Wildman–Crippen LogP) is 4.02. The van der Waals surface area contributed by atoms with Gasteiger partial charge in [0.15, 0.2) is 0 Å². The molecule has 0 aromatic heterocycles. The molecule has 2 aromatic carbocycles. The zero-order valence-corrected chi connectivity index (χ0v) is 23.0. The van der Waals surface area contributed by atoms with Gasteiger partial charge in [0.25, 0.3) is 0 Å². The molecule has 1 heterocycles. The van der Waals surface area contributed by atoms with Crippen molar-refractivity contribution in [1.29, 1.82) is 0 Å². The molecule has 2 aromatic rings. The molecule has 0 atom stereocenters. The first-order valence-electron chi connectivity index (χ1n) is 11.7. The second-order valence-corrected chi connectivity index (χ2v) is 12.9. The van der Waals surface area contributed by atoms with Gasteiger partial charge in [0.2, 0.25) is 26.0 Å². The molecule has 1 fully saturated rings. The minimum absolute atomic E-state index is 0.0118. The number of piperidine rings is 1. The van der Waals surface area contributed by atoms with Gasteiger partial charge in [0.05, 0.1) is 29.6 Å². The Morgan fingerprint density at radius 1 is 1.11 bits per heavy atom. The average molecular weight is 558 g/mol. The van der Waals surface area contributed by atoms with Crippen LogP contribution in [0, 0.1) is 6.92 Å². The first kappa shape index (κ1) is 28.2. The Balaban J connectivity index is 1.71. The van der Waals surface area contributed by atoms with E-state index in [4.69, 9.17) is 16.3 Å². The number of carbonyl (C=O) groups excluding carboxylic acids is 1. The fraction of sp³-hybridized carbons (Fsp3) is 0.458. The van der Waals surface area contributed by atoms with Crippen LogP contribution < -0.4 is 14.4 Å². The summed E-state index contributed by atoms with van der Waals surface area (Å²) >= 11 is 6.16. The lowest BCUT2D eigenvalue weighted by Crippen LogP contribution is -2.35. The number of nitrogens with zero attached hydrogens (tertiary/aromatic N) is 2. The molecule has 0 radical (unpaired) electrons. The number of hydrogen-bond acceptors (Lipinski definition) is 6. The topological polar surface area (TPSA) is 113 Å². The van der Waals surface area contributed by atoms with Crippen LogP contribution in [0.25, 0.3) is 0 Å². The van der Waals surface area contributed by atoms with Crippen molar-refractivity contribution in [2.75, 3.05) is 42.6 Å². The molecule has 1 aliphatic rings. The van der Waals surface area contributed by atoms with Crippen LogP contribution in [0.2, 0.25) is 5.02 Å². The third-order valence-electron chi connectivity index (χ3n) is 6.07. The minimum Gasteiger partial charge on any atom is -0.495 e. The fourth-order valence-corrected chi connectivity index (χ4v) is 6.86. The van der Waals surface area contributed by atoms with Crippen molar-refractivity contribution in [2.45, 2.75) is 43.9 Å². The summed E-state index contributed by atoms with van der Waals surface area (Å²) in [6.07, 6.45) is 3.99. The number of anilines is 2. The van der Waals surface area contributed by atoms with Crippen molar-refractivity contribution in [3.8, 4) is 5.75 Å². The van der Waals surface area contributed by atoms with E-state index in [-0.39, 0.29) is 30.0 Å². The summed E-state index contributed by atoms with van der Waals surface area (Å²) in [6, 6.07) is 9.41. The van der Waals surface area contributed by atoms with Crippen LogP contribution in [-0.2, 0) is 24.8 Å². The van der Waals surface area contributed by atoms with E-state index in [1.165, 1.54) is 33.9 Å².